The molecule has 36 heavy (non-hydrogen) atoms. The minimum absolute atomic E-state index is 0.0144. The highest BCUT2D eigenvalue weighted by Gasteiger charge is 2.26. The van der Waals surface area contributed by atoms with Crippen LogP contribution in [0.15, 0.2) is 47.6 Å². The van der Waals surface area contributed by atoms with Gasteiger partial charge in [-0.15, -0.1) is 0 Å². The molecule has 0 bridgehead atoms. The molecule has 0 spiro atoms. The molecule has 1 heterocycles. The average molecular weight is 497 g/mol. The highest BCUT2D eigenvalue weighted by atomic mass is 16.6. The Balaban J connectivity index is 1.64. The van der Waals surface area contributed by atoms with Gasteiger partial charge < -0.3 is 30.6 Å². The van der Waals surface area contributed by atoms with Crippen LogP contribution in [-0.4, -0.2) is 60.4 Å². The van der Waals surface area contributed by atoms with Crippen LogP contribution in [0.1, 0.15) is 55.1 Å². The third-order valence-electron chi connectivity index (χ3n) is 6.04. The molecule has 0 aromatic heterocycles. The van der Waals surface area contributed by atoms with Gasteiger partial charge in [0, 0.05) is 25.2 Å². The molecule has 9 heteroatoms. The van der Waals surface area contributed by atoms with Crippen molar-refractivity contribution in [1.29, 1.82) is 0 Å². The number of oxime groups is 1. The van der Waals surface area contributed by atoms with Crippen LogP contribution in [0.3, 0.4) is 0 Å². The Morgan fingerprint density at radius 2 is 1.81 bits per heavy atom. The number of carbonyl (C=O) groups is 2. The van der Waals surface area contributed by atoms with Gasteiger partial charge in [-0.3, -0.25) is 0 Å². The van der Waals surface area contributed by atoms with E-state index in [1.54, 1.807) is 23.1 Å². The monoisotopic (exact) mass is 496 g/mol. The Kier molecular flexibility index (Phi) is 8.93. The number of nitrogens with one attached hydrogen (secondary N) is 1. The number of amides is 1. The molecule has 1 aliphatic rings. The van der Waals surface area contributed by atoms with E-state index in [-0.39, 0.29) is 11.9 Å². The van der Waals surface area contributed by atoms with Crippen LogP contribution in [0, 0.1) is 5.92 Å². The summed E-state index contributed by atoms with van der Waals surface area (Å²) in [5, 5.41) is 15.6. The zero-order valence-electron chi connectivity index (χ0n) is 21.4. The van der Waals surface area contributed by atoms with E-state index in [1.165, 1.54) is 7.11 Å². The molecule has 0 radical (unpaired) electrons. The number of benzene rings is 2. The van der Waals surface area contributed by atoms with E-state index in [0.717, 1.165) is 36.1 Å². The van der Waals surface area contributed by atoms with Crippen molar-refractivity contribution in [2.24, 2.45) is 16.8 Å². The van der Waals surface area contributed by atoms with Gasteiger partial charge in [-0.05, 0) is 87.0 Å². The standard InChI is InChI=1S/C27H36N4O5/c1-27(2,3)36-26(33)31-10-8-18(9-11-31)16-29-17-19-12-22(15-23(13-19)25(32)35-4)20-6-5-7-21(14-20)24(28)30-34/h5-7,12-15,18,29,34H,8-11,16-17H2,1-4H3,(H2,28,30). The minimum Gasteiger partial charge on any atom is -0.465 e. The van der Waals surface area contributed by atoms with Crippen LogP contribution in [0.4, 0.5) is 4.79 Å². The first-order chi connectivity index (χ1) is 17.1. The Bertz CT molecular complexity index is 1100. The summed E-state index contributed by atoms with van der Waals surface area (Å²) >= 11 is 0. The topological polar surface area (TPSA) is 126 Å². The van der Waals surface area contributed by atoms with Crippen LogP contribution in [0.25, 0.3) is 11.1 Å². The van der Waals surface area contributed by atoms with E-state index in [1.807, 2.05) is 45.0 Å². The third-order valence-corrected chi connectivity index (χ3v) is 6.04. The van der Waals surface area contributed by atoms with Gasteiger partial charge in [-0.1, -0.05) is 23.4 Å². The Morgan fingerprint density at radius 3 is 2.44 bits per heavy atom. The number of carbonyl (C=O) groups excluding carboxylic acids is 2. The average Bonchev–Trinajstić information content (AvgIpc) is 2.87. The lowest BCUT2D eigenvalue weighted by Gasteiger charge is -2.33. The number of nitrogens with two attached hydrogens (primary N) is 1. The number of methoxy groups -OCH3 is 1. The zero-order chi connectivity index (χ0) is 26.3. The van der Waals surface area contributed by atoms with Crippen molar-refractivity contribution >= 4 is 17.9 Å². The molecule has 0 atom stereocenters. The first kappa shape index (κ1) is 27.0. The molecular weight excluding hydrogens is 460 g/mol. The summed E-state index contributed by atoms with van der Waals surface area (Å²) in [7, 11) is 1.36. The van der Waals surface area contributed by atoms with Crippen LogP contribution >= 0.6 is 0 Å². The molecule has 0 saturated carbocycles. The number of hydrogen-bond donors (Lipinski definition) is 3. The van der Waals surface area contributed by atoms with Crippen molar-refractivity contribution in [3.05, 3.63) is 59.2 Å². The number of nitrogens with zero attached hydrogens (tertiary/aromatic N) is 2. The van der Waals surface area contributed by atoms with Crippen molar-refractivity contribution in [1.82, 2.24) is 10.2 Å². The first-order valence-electron chi connectivity index (χ1n) is 12.1. The molecule has 1 saturated heterocycles. The van der Waals surface area contributed by atoms with Crippen molar-refractivity contribution in [2.75, 3.05) is 26.7 Å². The highest BCUT2D eigenvalue weighted by Crippen LogP contribution is 2.25. The summed E-state index contributed by atoms with van der Waals surface area (Å²) in [4.78, 5) is 26.4. The van der Waals surface area contributed by atoms with Crippen LogP contribution in [0.5, 0.6) is 0 Å². The molecule has 0 unspecified atom stereocenters. The first-order valence-corrected chi connectivity index (χ1v) is 12.1. The zero-order valence-corrected chi connectivity index (χ0v) is 21.4. The second kappa shape index (κ2) is 11.9. The molecule has 0 aliphatic carbocycles. The summed E-state index contributed by atoms with van der Waals surface area (Å²) in [5.74, 6) is 0.0464. The minimum atomic E-state index is -0.493. The van der Waals surface area contributed by atoms with Crippen LogP contribution < -0.4 is 11.1 Å². The lowest BCUT2D eigenvalue weighted by atomic mass is 9.96. The summed E-state index contributed by atoms with van der Waals surface area (Å²) in [6.07, 6.45) is 1.55. The van der Waals surface area contributed by atoms with Gasteiger partial charge in [0.2, 0.25) is 0 Å². The predicted molar refractivity (Wildman–Crippen MR) is 138 cm³/mol. The normalized spacial score (nSPS) is 15.0. The molecule has 2 aromatic carbocycles. The largest absolute Gasteiger partial charge is 0.465 e. The summed E-state index contributed by atoms with van der Waals surface area (Å²) in [6.45, 7) is 8.36. The second-order valence-corrected chi connectivity index (χ2v) is 10.0. The molecule has 1 amide bonds. The summed E-state index contributed by atoms with van der Waals surface area (Å²) in [5.41, 5.74) is 8.88. The lowest BCUT2D eigenvalue weighted by molar-refractivity contribution is 0.0184. The molecule has 4 N–H and O–H groups in total. The number of rotatable bonds is 7. The van der Waals surface area contributed by atoms with Gasteiger partial charge in [0.05, 0.1) is 12.7 Å². The van der Waals surface area contributed by atoms with E-state index >= 15 is 0 Å². The van der Waals surface area contributed by atoms with E-state index in [9.17, 15) is 9.59 Å². The predicted octanol–water partition coefficient (Wildman–Crippen LogP) is 3.97. The fraction of sp³-hybridized carbons (Fsp3) is 0.444. The number of piperidine rings is 1. The smallest absolute Gasteiger partial charge is 0.410 e. The van der Waals surface area contributed by atoms with Crippen molar-refractivity contribution in [3.8, 4) is 11.1 Å². The van der Waals surface area contributed by atoms with E-state index in [2.05, 4.69) is 10.5 Å². The maximum absolute atomic E-state index is 12.3. The van der Waals surface area contributed by atoms with Gasteiger partial charge in [-0.25, -0.2) is 9.59 Å². The number of ether oxygens (including phenoxy) is 2. The van der Waals surface area contributed by atoms with E-state index < -0.39 is 11.6 Å². The van der Waals surface area contributed by atoms with Gasteiger partial charge in [0.25, 0.3) is 0 Å². The van der Waals surface area contributed by atoms with Gasteiger partial charge >= 0.3 is 12.1 Å². The molecule has 194 valence electrons. The molecule has 1 fully saturated rings. The van der Waals surface area contributed by atoms with Gasteiger partial charge in [0.1, 0.15) is 5.60 Å². The molecule has 9 nitrogen and oxygen atoms in total. The number of amidine groups is 1. The summed E-state index contributed by atoms with van der Waals surface area (Å²) in [6, 6.07) is 12.9. The second-order valence-electron chi connectivity index (χ2n) is 10.0. The van der Waals surface area contributed by atoms with Gasteiger partial charge in [0.15, 0.2) is 5.84 Å². The molecule has 1 aliphatic heterocycles. The van der Waals surface area contributed by atoms with Crippen molar-refractivity contribution in [3.63, 3.8) is 0 Å². The number of esters is 1. The highest BCUT2D eigenvalue weighted by molar-refractivity contribution is 5.98. The quantitative estimate of drug-likeness (QED) is 0.174. The molecular formula is C27H36N4O5. The fourth-order valence-electron chi connectivity index (χ4n) is 4.18. The molecule has 2 aromatic rings. The Hall–Kier alpha value is -3.59. The van der Waals surface area contributed by atoms with E-state index in [4.69, 9.17) is 20.4 Å². The molecule has 3 rings (SSSR count). The van der Waals surface area contributed by atoms with Crippen LogP contribution in [0.2, 0.25) is 0 Å². The number of likely N-dealkylation sites (tertiary alicyclic amines) is 1. The maximum atomic E-state index is 12.3. The fourth-order valence-corrected chi connectivity index (χ4v) is 4.18. The SMILES string of the molecule is COC(=O)c1cc(CNCC2CCN(C(=O)OC(C)(C)C)CC2)cc(-c2cccc(/C(N)=N\O)c2)c1. The summed E-state index contributed by atoms with van der Waals surface area (Å²) < 4.78 is 10.4. The van der Waals surface area contributed by atoms with E-state index in [0.29, 0.717) is 36.7 Å². The number of hydrogen-bond acceptors (Lipinski definition) is 7. The third kappa shape index (κ3) is 7.45. The Morgan fingerprint density at radius 1 is 1.11 bits per heavy atom. The van der Waals surface area contributed by atoms with Crippen LogP contribution in [-0.2, 0) is 16.0 Å². The Labute approximate surface area is 212 Å². The maximum Gasteiger partial charge on any atom is 0.410 e. The lowest BCUT2D eigenvalue weighted by Crippen LogP contribution is -2.43. The van der Waals surface area contributed by atoms with Crippen molar-refractivity contribution in [2.45, 2.75) is 45.8 Å². The van der Waals surface area contributed by atoms with Crippen molar-refractivity contribution < 1.29 is 24.3 Å². The van der Waals surface area contributed by atoms with Gasteiger partial charge in [-0.2, -0.15) is 0 Å².